The Morgan fingerprint density at radius 2 is 0.851 bits per heavy atom. The van der Waals surface area contributed by atoms with E-state index in [1.54, 1.807) is 0 Å². The number of nitrogens with zero attached hydrogens (tertiary/aromatic N) is 4. The SMILES string of the molecule is c1ccc(-c2cc3oc4ccccc4c3cc2N2c3cc4c(cc3B3c5ccccc5N(c5ccccc5)c5cc(N(c6ccccc6)c6ccccc6)cc2c53)B2c3ccccc3Oc3cc(N(c5ccccc5)c5ccccc5)cc(c32)S4)cc1. The zero-order valence-corrected chi connectivity index (χ0v) is 47.9. The van der Waals surface area contributed by atoms with Crippen molar-refractivity contribution in [3.63, 3.8) is 0 Å². The van der Waals surface area contributed by atoms with Gasteiger partial charge in [-0.1, -0.05) is 199 Å². The molecule has 9 heteroatoms. The lowest BCUT2D eigenvalue weighted by Gasteiger charge is -2.46. The highest BCUT2D eigenvalue weighted by Gasteiger charge is 2.47. The molecule has 0 saturated carbocycles. The molecule has 0 atom stereocenters. The van der Waals surface area contributed by atoms with Gasteiger partial charge in [0, 0.05) is 83.4 Å². The summed E-state index contributed by atoms with van der Waals surface area (Å²) in [6.07, 6.45) is 0. The zero-order valence-electron chi connectivity index (χ0n) is 47.0. The van der Waals surface area contributed by atoms with Gasteiger partial charge in [-0.25, -0.2) is 0 Å². The normalized spacial score (nSPS) is 13.0. The maximum Gasteiger partial charge on any atom is 0.253 e. The molecule has 87 heavy (non-hydrogen) atoms. The molecular formula is C78H50B2N4O2S. The van der Waals surface area contributed by atoms with Crippen LogP contribution >= 0.6 is 11.8 Å². The number of benzene rings is 13. The summed E-state index contributed by atoms with van der Waals surface area (Å²) in [6.45, 7) is -0.293. The van der Waals surface area contributed by atoms with E-state index in [9.17, 15) is 0 Å². The summed E-state index contributed by atoms with van der Waals surface area (Å²) >= 11 is 1.85. The molecule has 1 aromatic heterocycles. The number of rotatable bonds is 9. The van der Waals surface area contributed by atoms with Crippen LogP contribution in [0.1, 0.15) is 0 Å². The Bertz CT molecular complexity index is 4960. The first kappa shape index (κ1) is 49.6. The molecule has 0 N–H and O–H groups in total. The lowest BCUT2D eigenvalue weighted by atomic mass is 9.31. The Morgan fingerprint density at radius 3 is 1.52 bits per heavy atom. The summed E-state index contributed by atoms with van der Waals surface area (Å²) in [5.41, 5.74) is 24.1. The molecule has 0 saturated heterocycles. The first-order valence-corrected chi connectivity index (χ1v) is 30.5. The molecule has 0 fully saturated rings. The van der Waals surface area contributed by atoms with Crippen molar-refractivity contribution in [1.82, 2.24) is 0 Å². The molecule has 0 bridgehead atoms. The fourth-order valence-electron chi connectivity index (χ4n) is 14.2. The number of para-hydroxylation sites is 8. The first-order valence-electron chi connectivity index (χ1n) is 29.7. The fraction of sp³-hybridized carbons (Fsp3) is 0. The third kappa shape index (κ3) is 7.86. The van der Waals surface area contributed by atoms with Crippen LogP contribution < -0.4 is 57.1 Å². The van der Waals surface area contributed by atoms with Crippen LogP contribution in [0, 0.1) is 0 Å². The fourth-order valence-corrected chi connectivity index (χ4v) is 15.4. The second kappa shape index (κ2) is 19.9. The van der Waals surface area contributed by atoms with E-state index in [-0.39, 0.29) is 13.4 Å². The van der Waals surface area contributed by atoms with Crippen LogP contribution in [0.4, 0.5) is 68.2 Å². The number of hydrogen-bond donors (Lipinski definition) is 0. The van der Waals surface area contributed by atoms with E-state index in [0.717, 1.165) is 123 Å². The second-order valence-electron chi connectivity index (χ2n) is 22.7. The second-order valence-corrected chi connectivity index (χ2v) is 23.8. The van der Waals surface area contributed by atoms with Gasteiger partial charge in [-0.3, -0.25) is 0 Å². The highest BCUT2D eigenvalue weighted by Crippen LogP contribution is 2.53. The third-order valence-electron chi connectivity index (χ3n) is 17.9. The molecule has 0 spiro atoms. The predicted molar refractivity (Wildman–Crippen MR) is 364 cm³/mol. The van der Waals surface area contributed by atoms with Crippen LogP contribution in [0.5, 0.6) is 11.5 Å². The molecule has 13 aromatic carbocycles. The number of hydrogen-bond acceptors (Lipinski definition) is 7. The summed E-state index contributed by atoms with van der Waals surface area (Å²) in [4.78, 5) is 12.3. The standard InChI is InChI=1S/C78H50B2N4O2S/c1-7-25-51(26-8-1)60-48-73-61(59-37-19-23-41-71(59)85-73)47-67(60)84-68-50-75-65(80-63-39-21-24-42-72(63)86-74-45-58(46-76(87-75)78(74)80)82(54-31-13-4-14-32-54)55-33-15-5-16-34-55)49-64(68)79-62-38-20-22-40-66(62)83(56-35-17-6-18-36-56)69-43-57(44-70(84)77(69)79)81(52-27-9-2-10-28-52)53-29-11-3-12-30-53/h1-50H. The molecule has 4 aliphatic heterocycles. The van der Waals surface area contributed by atoms with E-state index >= 15 is 0 Å². The summed E-state index contributed by atoms with van der Waals surface area (Å²) in [6, 6.07) is 110. The molecule has 14 aromatic rings. The van der Waals surface area contributed by atoms with E-state index in [1.165, 1.54) is 32.2 Å². The Hall–Kier alpha value is -10.9. The van der Waals surface area contributed by atoms with Crippen LogP contribution in [0.25, 0.3) is 33.1 Å². The van der Waals surface area contributed by atoms with Crippen LogP contribution in [0.3, 0.4) is 0 Å². The van der Waals surface area contributed by atoms with E-state index < -0.39 is 0 Å². The molecule has 4 aliphatic rings. The van der Waals surface area contributed by atoms with Crippen LogP contribution in [-0.4, -0.2) is 13.4 Å². The smallest absolute Gasteiger partial charge is 0.253 e. The minimum Gasteiger partial charge on any atom is -0.458 e. The number of furan rings is 1. The largest absolute Gasteiger partial charge is 0.458 e. The van der Waals surface area contributed by atoms with Crippen LogP contribution in [0.15, 0.2) is 318 Å². The molecule has 406 valence electrons. The lowest BCUT2D eigenvalue weighted by molar-refractivity contribution is 0.486. The monoisotopic (exact) mass is 1130 g/mol. The molecule has 0 aliphatic carbocycles. The summed E-state index contributed by atoms with van der Waals surface area (Å²) in [7, 11) is 0. The Kier molecular flexibility index (Phi) is 11.3. The van der Waals surface area contributed by atoms with Crippen molar-refractivity contribution < 1.29 is 9.15 Å². The number of anilines is 12. The minimum absolute atomic E-state index is 0.118. The first-order chi connectivity index (χ1) is 43.2. The van der Waals surface area contributed by atoms with Crippen molar-refractivity contribution in [2.45, 2.75) is 9.79 Å². The highest BCUT2D eigenvalue weighted by molar-refractivity contribution is 8.00. The van der Waals surface area contributed by atoms with E-state index in [1.807, 2.05) is 11.8 Å². The predicted octanol–water partition coefficient (Wildman–Crippen LogP) is 17.4. The number of fused-ring (bicyclic) bond motifs is 11. The quantitative estimate of drug-likeness (QED) is 0.133. The molecular weight excluding hydrogens is 1080 g/mol. The van der Waals surface area contributed by atoms with Crippen molar-refractivity contribution in [3.05, 3.63) is 303 Å². The van der Waals surface area contributed by atoms with Gasteiger partial charge in [0.1, 0.15) is 22.7 Å². The van der Waals surface area contributed by atoms with Gasteiger partial charge in [0.2, 0.25) is 0 Å². The molecule has 5 heterocycles. The van der Waals surface area contributed by atoms with Gasteiger partial charge in [0.05, 0.1) is 17.1 Å². The van der Waals surface area contributed by atoms with Crippen LogP contribution in [-0.2, 0) is 0 Å². The summed E-state index contributed by atoms with van der Waals surface area (Å²) in [5, 5.41) is 2.13. The van der Waals surface area contributed by atoms with E-state index in [0.29, 0.717) is 0 Å². The van der Waals surface area contributed by atoms with Crippen molar-refractivity contribution in [2.24, 2.45) is 0 Å². The maximum atomic E-state index is 7.15. The van der Waals surface area contributed by atoms with Gasteiger partial charge in [0.25, 0.3) is 13.4 Å². The van der Waals surface area contributed by atoms with Gasteiger partial charge in [-0.2, -0.15) is 0 Å². The van der Waals surface area contributed by atoms with Crippen LogP contribution in [0.2, 0.25) is 0 Å². The zero-order chi connectivity index (χ0) is 57.1. The average molecular weight is 1130 g/mol. The highest BCUT2D eigenvalue weighted by atomic mass is 32.2. The van der Waals surface area contributed by atoms with Gasteiger partial charge in [-0.15, -0.1) is 0 Å². The van der Waals surface area contributed by atoms with Gasteiger partial charge in [-0.05, 0) is 148 Å². The average Bonchev–Trinajstić information content (AvgIpc) is 0.890. The van der Waals surface area contributed by atoms with Crippen molar-refractivity contribution in [2.75, 3.05) is 19.6 Å². The summed E-state index contributed by atoms with van der Waals surface area (Å²) < 4.78 is 14.0. The van der Waals surface area contributed by atoms with Crippen molar-refractivity contribution in [3.8, 4) is 22.6 Å². The van der Waals surface area contributed by atoms with Crippen molar-refractivity contribution >= 4 is 148 Å². The molecule has 0 radical (unpaired) electrons. The Labute approximate surface area is 509 Å². The van der Waals surface area contributed by atoms with Crippen molar-refractivity contribution in [1.29, 1.82) is 0 Å². The lowest BCUT2D eigenvalue weighted by Crippen LogP contribution is -2.64. The molecule has 18 rings (SSSR count). The van der Waals surface area contributed by atoms with Gasteiger partial charge >= 0.3 is 0 Å². The van der Waals surface area contributed by atoms with E-state index in [4.69, 9.17) is 9.15 Å². The Morgan fingerprint density at radius 1 is 0.310 bits per heavy atom. The minimum atomic E-state index is -0.175. The number of ether oxygens (including phenoxy) is 1. The van der Waals surface area contributed by atoms with Gasteiger partial charge < -0.3 is 28.8 Å². The van der Waals surface area contributed by atoms with Gasteiger partial charge in [0.15, 0.2) is 0 Å². The third-order valence-corrected chi connectivity index (χ3v) is 19.0. The molecule has 0 unspecified atom stereocenters. The Balaban J connectivity index is 0.962. The summed E-state index contributed by atoms with van der Waals surface area (Å²) in [5.74, 6) is 1.74. The topological polar surface area (TPSA) is 35.3 Å². The molecule has 0 amide bonds. The maximum absolute atomic E-state index is 7.15. The molecule has 6 nitrogen and oxygen atoms in total. The van der Waals surface area contributed by atoms with E-state index in [2.05, 4.69) is 323 Å².